The van der Waals surface area contributed by atoms with Crippen molar-refractivity contribution >= 4 is 22.6 Å². The molecule has 0 radical (unpaired) electrons. The molecule has 4 nitrogen and oxygen atoms in total. The third-order valence-electron chi connectivity index (χ3n) is 2.00. The highest BCUT2D eigenvalue weighted by Crippen LogP contribution is 2.22. The van der Waals surface area contributed by atoms with Crippen LogP contribution in [0.4, 0.5) is 5.69 Å². The summed E-state index contributed by atoms with van der Waals surface area (Å²) in [4.78, 5) is 8.47. The van der Waals surface area contributed by atoms with Crippen molar-refractivity contribution in [2.24, 2.45) is 4.99 Å². The Morgan fingerprint density at radius 1 is 1.53 bits per heavy atom. The first kappa shape index (κ1) is 10.3. The quantitative estimate of drug-likeness (QED) is 0.833. The van der Waals surface area contributed by atoms with Gasteiger partial charge in [0, 0.05) is 11.3 Å². The van der Waals surface area contributed by atoms with Crippen LogP contribution in [-0.2, 0) is 0 Å². The molecule has 0 aliphatic carbocycles. The maximum absolute atomic E-state index is 4.98. The molecular weight excluding hydrogens is 210 g/mol. The first-order valence-corrected chi connectivity index (χ1v) is 5.64. The average molecular weight is 223 g/mol. The summed E-state index contributed by atoms with van der Waals surface area (Å²) in [6.07, 6.45) is 1.74. The summed E-state index contributed by atoms with van der Waals surface area (Å²) in [6.45, 7) is 3.05. The van der Waals surface area contributed by atoms with Crippen LogP contribution in [0.5, 0.6) is 5.88 Å². The van der Waals surface area contributed by atoms with Crippen LogP contribution < -0.4 is 10.1 Å². The van der Waals surface area contributed by atoms with Crippen molar-refractivity contribution in [2.75, 3.05) is 19.0 Å². The average Bonchev–Trinajstić information content (AvgIpc) is 2.65. The Morgan fingerprint density at radius 3 is 2.93 bits per heavy atom. The lowest BCUT2D eigenvalue weighted by molar-refractivity contribution is 0.398. The number of rotatable bonds is 2. The van der Waals surface area contributed by atoms with E-state index in [0.717, 1.165) is 17.4 Å². The zero-order valence-corrected chi connectivity index (χ0v) is 9.54. The Labute approximate surface area is 93.2 Å². The molecule has 1 atom stereocenters. The number of nitrogens with one attached hydrogen (secondary N) is 1. The normalized spacial score (nSPS) is 19.9. The molecule has 1 aromatic rings. The molecule has 0 aromatic carbocycles. The number of anilines is 1. The van der Waals surface area contributed by atoms with Crippen LogP contribution in [0.1, 0.15) is 6.92 Å². The van der Waals surface area contributed by atoms with Crippen LogP contribution in [0.15, 0.2) is 23.3 Å². The molecule has 0 spiro atoms. The fourth-order valence-corrected chi connectivity index (χ4v) is 2.10. The SMILES string of the molecule is COc1ccc(NC2=NCC(C)S2)cn1. The smallest absolute Gasteiger partial charge is 0.213 e. The molecule has 0 amide bonds. The van der Waals surface area contributed by atoms with Crippen molar-refractivity contribution in [1.82, 2.24) is 4.98 Å². The molecule has 5 heteroatoms. The summed E-state index contributed by atoms with van der Waals surface area (Å²) in [6, 6.07) is 3.75. The number of pyridine rings is 1. The lowest BCUT2D eigenvalue weighted by atomic mass is 10.4. The standard InChI is InChI=1S/C10H13N3OS/c1-7-5-12-10(15-7)13-8-3-4-9(14-2)11-6-8/h3-4,6-7H,5H2,1-2H3,(H,12,13). The predicted molar refractivity (Wildman–Crippen MR) is 63.8 cm³/mol. The number of aliphatic imine (C=N–C) groups is 1. The number of amidine groups is 1. The van der Waals surface area contributed by atoms with Gasteiger partial charge in [0.25, 0.3) is 0 Å². The van der Waals surface area contributed by atoms with Gasteiger partial charge < -0.3 is 10.1 Å². The number of aromatic nitrogens is 1. The summed E-state index contributed by atoms with van der Waals surface area (Å²) in [5.74, 6) is 0.620. The first-order valence-electron chi connectivity index (χ1n) is 4.76. The molecule has 0 saturated heterocycles. The predicted octanol–water partition coefficient (Wildman–Crippen LogP) is 1.99. The van der Waals surface area contributed by atoms with Crippen LogP contribution >= 0.6 is 11.8 Å². The number of thioether (sulfide) groups is 1. The maximum atomic E-state index is 4.98. The molecule has 15 heavy (non-hydrogen) atoms. The van der Waals surface area contributed by atoms with Crippen molar-refractivity contribution in [3.63, 3.8) is 0 Å². The van der Waals surface area contributed by atoms with E-state index < -0.39 is 0 Å². The van der Waals surface area contributed by atoms with E-state index in [1.54, 1.807) is 25.1 Å². The van der Waals surface area contributed by atoms with Crippen molar-refractivity contribution in [2.45, 2.75) is 12.2 Å². The summed E-state index contributed by atoms with van der Waals surface area (Å²) in [5.41, 5.74) is 0.941. The van der Waals surface area contributed by atoms with Gasteiger partial charge in [0.15, 0.2) is 5.17 Å². The van der Waals surface area contributed by atoms with Crippen molar-refractivity contribution in [1.29, 1.82) is 0 Å². The fourth-order valence-electron chi connectivity index (χ4n) is 1.24. The highest BCUT2D eigenvalue weighted by Gasteiger charge is 2.14. The Kier molecular flexibility index (Phi) is 3.11. The first-order chi connectivity index (χ1) is 7.28. The molecule has 1 aliphatic rings. The molecule has 1 unspecified atom stereocenters. The molecule has 0 saturated carbocycles. The lowest BCUT2D eigenvalue weighted by Crippen LogP contribution is -2.06. The maximum Gasteiger partial charge on any atom is 0.213 e. The zero-order chi connectivity index (χ0) is 10.7. The van der Waals surface area contributed by atoms with Gasteiger partial charge in [-0.2, -0.15) is 0 Å². The summed E-state index contributed by atoms with van der Waals surface area (Å²) in [5, 5.41) is 4.75. The van der Waals surface area contributed by atoms with Gasteiger partial charge in [-0.15, -0.1) is 0 Å². The number of hydrogen-bond acceptors (Lipinski definition) is 5. The molecule has 1 N–H and O–H groups in total. The van der Waals surface area contributed by atoms with Crippen molar-refractivity contribution < 1.29 is 4.74 Å². The van der Waals surface area contributed by atoms with Gasteiger partial charge in [-0.05, 0) is 6.07 Å². The molecule has 0 bridgehead atoms. The molecule has 1 aliphatic heterocycles. The zero-order valence-electron chi connectivity index (χ0n) is 8.73. The minimum absolute atomic E-state index is 0.568. The third kappa shape index (κ3) is 2.62. The third-order valence-corrected chi connectivity index (χ3v) is 3.01. The number of methoxy groups -OCH3 is 1. The van der Waals surface area contributed by atoms with Crippen LogP contribution in [0.3, 0.4) is 0 Å². The Balaban J connectivity index is 1.99. The molecule has 2 heterocycles. The van der Waals surface area contributed by atoms with E-state index >= 15 is 0 Å². The topological polar surface area (TPSA) is 46.5 Å². The largest absolute Gasteiger partial charge is 0.481 e. The van der Waals surface area contributed by atoms with Crippen LogP contribution in [-0.4, -0.2) is 29.1 Å². The Bertz CT molecular complexity index is 363. The minimum atomic E-state index is 0.568. The summed E-state index contributed by atoms with van der Waals surface area (Å²) < 4.78 is 4.98. The van der Waals surface area contributed by atoms with Gasteiger partial charge in [-0.1, -0.05) is 18.7 Å². The molecule has 1 aromatic heterocycles. The van der Waals surface area contributed by atoms with E-state index in [-0.39, 0.29) is 0 Å². The van der Waals surface area contributed by atoms with Gasteiger partial charge in [0.05, 0.1) is 25.5 Å². The Hall–Kier alpha value is -1.23. The monoisotopic (exact) mass is 223 g/mol. The summed E-state index contributed by atoms with van der Waals surface area (Å²) in [7, 11) is 1.61. The van der Waals surface area contributed by atoms with E-state index in [2.05, 4.69) is 22.2 Å². The lowest BCUT2D eigenvalue weighted by Gasteiger charge is -2.05. The number of hydrogen-bond donors (Lipinski definition) is 1. The fraction of sp³-hybridized carbons (Fsp3) is 0.400. The van der Waals surface area contributed by atoms with E-state index in [1.807, 2.05) is 12.1 Å². The van der Waals surface area contributed by atoms with E-state index in [1.165, 1.54) is 0 Å². The van der Waals surface area contributed by atoms with Crippen molar-refractivity contribution in [3.8, 4) is 5.88 Å². The van der Waals surface area contributed by atoms with E-state index in [4.69, 9.17) is 4.74 Å². The Morgan fingerprint density at radius 2 is 2.40 bits per heavy atom. The molecule has 80 valence electrons. The van der Waals surface area contributed by atoms with Gasteiger partial charge in [-0.25, -0.2) is 4.98 Å². The van der Waals surface area contributed by atoms with Crippen LogP contribution in [0, 0.1) is 0 Å². The second-order valence-electron chi connectivity index (χ2n) is 3.29. The highest BCUT2D eigenvalue weighted by molar-refractivity contribution is 8.15. The van der Waals surface area contributed by atoms with Gasteiger partial charge in [0.2, 0.25) is 5.88 Å². The molecule has 2 rings (SSSR count). The van der Waals surface area contributed by atoms with E-state index in [0.29, 0.717) is 11.1 Å². The molecular formula is C10H13N3OS. The van der Waals surface area contributed by atoms with Crippen LogP contribution in [0.25, 0.3) is 0 Å². The van der Waals surface area contributed by atoms with Gasteiger partial charge in [-0.3, -0.25) is 4.99 Å². The highest BCUT2D eigenvalue weighted by atomic mass is 32.2. The second kappa shape index (κ2) is 4.53. The minimum Gasteiger partial charge on any atom is -0.481 e. The van der Waals surface area contributed by atoms with Gasteiger partial charge in [0.1, 0.15) is 0 Å². The van der Waals surface area contributed by atoms with Gasteiger partial charge >= 0.3 is 0 Å². The summed E-state index contributed by atoms with van der Waals surface area (Å²) >= 11 is 1.75. The van der Waals surface area contributed by atoms with Crippen LogP contribution in [0.2, 0.25) is 0 Å². The molecule has 0 fully saturated rings. The van der Waals surface area contributed by atoms with E-state index in [9.17, 15) is 0 Å². The number of nitrogens with zero attached hydrogens (tertiary/aromatic N) is 2. The van der Waals surface area contributed by atoms with Crippen molar-refractivity contribution in [3.05, 3.63) is 18.3 Å². The second-order valence-corrected chi connectivity index (χ2v) is 4.72. The number of ether oxygens (including phenoxy) is 1.